The van der Waals surface area contributed by atoms with Crippen LogP contribution in [0.15, 0.2) is 54.6 Å². The largest absolute Gasteiger partial charge is 0.212 e. The topological polar surface area (TPSA) is 46.2 Å². The second-order valence-corrected chi connectivity index (χ2v) is 7.22. The smallest absolute Gasteiger partial charge is 0.211 e. The second-order valence-electron chi connectivity index (χ2n) is 4.86. The number of hydrogen-bond donors (Lipinski definition) is 1. The molecule has 1 N–H and O–H groups in total. The van der Waals surface area contributed by atoms with Gasteiger partial charge in [0.15, 0.2) is 0 Å². The summed E-state index contributed by atoms with van der Waals surface area (Å²) in [5.74, 6) is 0.134. The fourth-order valence-electron chi connectivity index (χ4n) is 1.98. The van der Waals surface area contributed by atoms with Crippen LogP contribution in [0.1, 0.15) is 17.5 Å². The number of rotatable bonds is 7. The molecule has 0 aliphatic rings. The van der Waals surface area contributed by atoms with Gasteiger partial charge >= 0.3 is 0 Å². The van der Waals surface area contributed by atoms with Crippen LogP contribution in [0.25, 0.3) is 0 Å². The van der Waals surface area contributed by atoms with Gasteiger partial charge in [-0.15, -0.1) is 0 Å². The molecule has 0 bridgehead atoms. The molecule has 2 aromatic rings. The molecule has 2 rings (SSSR count). The molecule has 0 atom stereocenters. The highest BCUT2D eigenvalue weighted by Crippen LogP contribution is 2.10. The van der Waals surface area contributed by atoms with Crippen molar-refractivity contribution in [3.8, 4) is 0 Å². The van der Waals surface area contributed by atoms with Crippen LogP contribution in [-0.4, -0.2) is 14.2 Å². The van der Waals surface area contributed by atoms with E-state index in [2.05, 4.69) is 4.72 Å². The molecule has 0 aliphatic heterocycles. The number of hydrogen-bond acceptors (Lipinski definition) is 2. The summed E-state index contributed by atoms with van der Waals surface area (Å²) in [6.07, 6.45) is 1.38. The van der Waals surface area contributed by atoms with E-state index >= 15 is 0 Å². The van der Waals surface area contributed by atoms with Gasteiger partial charge in [0.05, 0.1) is 5.75 Å². The molecule has 0 radical (unpaired) electrons. The van der Waals surface area contributed by atoms with E-state index in [0.29, 0.717) is 18.0 Å². The molecule has 2 aromatic carbocycles. The fourth-order valence-corrected chi connectivity index (χ4v) is 3.16. The first-order valence-electron chi connectivity index (χ1n) is 6.81. The number of halogens is 1. The third-order valence-electron chi connectivity index (χ3n) is 3.13. The van der Waals surface area contributed by atoms with E-state index in [-0.39, 0.29) is 5.75 Å². The predicted octanol–water partition coefficient (Wildman–Crippen LogP) is 3.39. The van der Waals surface area contributed by atoms with Crippen molar-refractivity contribution in [1.82, 2.24) is 4.72 Å². The van der Waals surface area contributed by atoms with Gasteiger partial charge in [0.25, 0.3) is 0 Å². The van der Waals surface area contributed by atoms with E-state index in [1.165, 1.54) is 0 Å². The van der Waals surface area contributed by atoms with Crippen molar-refractivity contribution >= 4 is 21.6 Å². The maximum atomic E-state index is 11.9. The Hall–Kier alpha value is -1.36. The van der Waals surface area contributed by atoms with Gasteiger partial charge in [0, 0.05) is 11.6 Å². The Morgan fingerprint density at radius 1 is 0.905 bits per heavy atom. The Morgan fingerprint density at radius 3 is 2.24 bits per heavy atom. The number of nitrogens with one attached hydrogen (secondary N) is 1. The molecule has 3 nitrogen and oxygen atoms in total. The molecule has 0 aliphatic carbocycles. The van der Waals surface area contributed by atoms with Crippen LogP contribution in [0.4, 0.5) is 0 Å². The lowest BCUT2D eigenvalue weighted by Gasteiger charge is -2.07. The van der Waals surface area contributed by atoms with Crippen molar-refractivity contribution in [3.05, 3.63) is 70.7 Å². The monoisotopic (exact) mass is 323 g/mol. The van der Waals surface area contributed by atoms with Gasteiger partial charge in [-0.3, -0.25) is 0 Å². The molecule has 0 fully saturated rings. The normalized spacial score (nSPS) is 11.5. The summed E-state index contributed by atoms with van der Waals surface area (Å²) < 4.78 is 26.5. The van der Waals surface area contributed by atoms with Crippen molar-refractivity contribution in [3.63, 3.8) is 0 Å². The third kappa shape index (κ3) is 5.87. The van der Waals surface area contributed by atoms with Crippen LogP contribution in [-0.2, 0) is 23.0 Å². The zero-order valence-electron chi connectivity index (χ0n) is 11.6. The maximum Gasteiger partial charge on any atom is 0.211 e. The molecule has 0 amide bonds. The van der Waals surface area contributed by atoms with Crippen molar-refractivity contribution in [2.24, 2.45) is 0 Å². The van der Waals surface area contributed by atoms with Gasteiger partial charge in [-0.25, -0.2) is 13.1 Å². The van der Waals surface area contributed by atoms with Gasteiger partial charge in [-0.1, -0.05) is 54.1 Å². The minimum atomic E-state index is -3.24. The van der Waals surface area contributed by atoms with E-state index in [9.17, 15) is 8.42 Å². The number of sulfonamides is 1. The van der Waals surface area contributed by atoms with E-state index in [1.807, 2.05) is 42.5 Å². The van der Waals surface area contributed by atoms with Crippen LogP contribution < -0.4 is 4.72 Å². The van der Waals surface area contributed by atoms with Crippen LogP contribution in [0.3, 0.4) is 0 Å². The molecule has 5 heteroatoms. The van der Waals surface area contributed by atoms with Gasteiger partial charge in [-0.05, 0) is 36.1 Å². The molecule has 0 saturated carbocycles. The molecule has 21 heavy (non-hydrogen) atoms. The summed E-state index contributed by atoms with van der Waals surface area (Å²) in [6, 6.07) is 17.0. The van der Waals surface area contributed by atoms with Gasteiger partial charge in [-0.2, -0.15) is 0 Å². The van der Waals surface area contributed by atoms with Crippen molar-refractivity contribution < 1.29 is 8.42 Å². The Kier molecular flexibility index (Phi) is 5.79. The Labute approximate surface area is 131 Å². The summed E-state index contributed by atoms with van der Waals surface area (Å²) in [5.41, 5.74) is 2.05. The van der Waals surface area contributed by atoms with Crippen LogP contribution in [0.2, 0.25) is 5.02 Å². The molecule has 0 aromatic heterocycles. The fraction of sp³-hybridized carbons (Fsp3) is 0.250. The number of aryl methyl sites for hydroxylation is 1. The lowest BCUT2D eigenvalue weighted by Crippen LogP contribution is -2.26. The van der Waals surface area contributed by atoms with Crippen LogP contribution in [0.5, 0.6) is 0 Å². The third-order valence-corrected chi connectivity index (χ3v) is 4.79. The molecule has 0 heterocycles. The summed E-state index contributed by atoms with van der Waals surface area (Å²) in [7, 11) is -3.24. The molecule has 112 valence electrons. The van der Waals surface area contributed by atoms with E-state index < -0.39 is 10.0 Å². The van der Waals surface area contributed by atoms with Crippen molar-refractivity contribution in [2.75, 3.05) is 5.75 Å². The van der Waals surface area contributed by atoms with E-state index in [0.717, 1.165) is 17.5 Å². The second kappa shape index (κ2) is 7.59. The average molecular weight is 324 g/mol. The average Bonchev–Trinajstić information content (AvgIpc) is 2.48. The first-order valence-corrected chi connectivity index (χ1v) is 8.84. The highest BCUT2D eigenvalue weighted by Gasteiger charge is 2.09. The molecule has 0 unspecified atom stereocenters. The summed E-state index contributed by atoms with van der Waals surface area (Å²) in [6.45, 7) is 0.296. The van der Waals surface area contributed by atoms with Gasteiger partial charge in [0.2, 0.25) is 10.0 Å². The first-order chi connectivity index (χ1) is 10.1. The SMILES string of the molecule is O=S(=O)(CCCc1ccccc1)NCc1ccc(Cl)cc1. The maximum absolute atomic E-state index is 11.9. The Bertz CT molecular complexity index is 654. The van der Waals surface area contributed by atoms with Crippen molar-refractivity contribution in [2.45, 2.75) is 19.4 Å². The quantitative estimate of drug-likeness (QED) is 0.849. The number of benzene rings is 2. The standard InChI is InChI=1S/C16H18ClNO2S/c17-16-10-8-15(9-11-16)13-18-21(19,20)12-4-7-14-5-2-1-3-6-14/h1-3,5-6,8-11,18H,4,7,12-13H2. The molecular formula is C16H18ClNO2S. The Morgan fingerprint density at radius 2 is 1.57 bits per heavy atom. The summed E-state index contributed by atoms with van der Waals surface area (Å²) in [5, 5.41) is 0.643. The molecular weight excluding hydrogens is 306 g/mol. The highest BCUT2D eigenvalue weighted by atomic mass is 35.5. The van der Waals surface area contributed by atoms with Crippen molar-refractivity contribution in [1.29, 1.82) is 0 Å². The lowest BCUT2D eigenvalue weighted by atomic mass is 10.1. The minimum Gasteiger partial charge on any atom is -0.212 e. The summed E-state index contributed by atoms with van der Waals surface area (Å²) in [4.78, 5) is 0. The zero-order valence-corrected chi connectivity index (χ0v) is 13.2. The summed E-state index contributed by atoms with van der Waals surface area (Å²) >= 11 is 5.79. The first kappa shape index (κ1) is 16.0. The Balaban J connectivity index is 1.78. The van der Waals surface area contributed by atoms with E-state index in [4.69, 9.17) is 11.6 Å². The van der Waals surface area contributed by atoms with Crippen LogP contribution in [0, 0.1) is 0 Å². The van der Waals surface area contributed by atoms with E-state index in [1.54, 1.807) is 12.1 Å². The minimum absolute atomic E-state index is 0.134. The van der Waals surface area contributed by atoms with Crippen LogP contribution >= 0.6 is 11.6 Å². The lowest BCUT2D eigenvalue weighted by molar-refractivity contribution is 0.578. The van der Waals surface area contributed by atoms with Gasteiger partial charge < -0.3 is 0 Å². The predicted molar refractivity (Wildman–Crippen MR) is 86.8 cm³/mol. The van der Waals surface area contributed by atoms with Gasteiger partial charge in [0.1, 0.15) is 0 Å². The molecule has 0 spiro atoms. The molecule has 0 saturated heterocycles. The highest BCUT2D eigenvalue weighted by molar-refractivity contribution is 7.89. The zero-order chi connectivity index (χ0) is 15.1.